The summed E-state index contributed by atoms with van der Waals surface area (Å²) in [6, 6.07) is 2.28. The number of aromatic nitrogens is 2. The predicted octanol–water partition coefficient (Wildman–Crippen LogP) is 1.77. The molecule has 2 aliphatic rings. The number of carbonyl (C=O) groups is 2. The van der Waals surface area contributed by atoms with Crippen LogP contribution in [0.4, 0.5) is 4.39 Å². The lowest BCUT2D eigenvalue weighted by molar-refractivity contribution is -0.151. The number of hydrogen-bond acceptors (Lipinski definition) is 6. The second-order valence-electron chi connectivity index (χ2n) is 8.20. The Morgan fingerprint density at radius 1 is 1.37 bits per heavy atom. The minimum Gasteiger partial charge on any atom is -0.468 e. The number of esters is 1. The van der Waals surface area contributed by atoms with Crippen LogP contribution in [0.1, 0.15) is 41.9 Å². The molecule has 8 nitrogen and oxygen atoms in total. The fourth-order valence-electron chi connectivity index (χ4n) is 4.42. The maximum absolute atomic E-state index is 13.9. The van der Waals surface area contributed by atoms with E-state index in [2.05, 4.69) is 14.9 Å². The van der Waals surface area contributed by atoms with E-state index < -0.39 is 17.1 Å². The number of rotatable bonds is 6. The van der Waals surface area contributed by atoms with Gasteiger partial charge in [-0.05, 0) is 56.8 Å². The number of H-pyrrole nitrogens is 1. The van der Waals surface area contributed by atoms with Crippen molar-refractivity contribution in [2.75, 3.05) is 26.7 Å². The maximum Gasteiger partial charge on any atom is 0.316 e. The van der Waals surface area contributed by atoms with Gasteiger partial charge in [0, 0.05) is 18.3 Å². The lowest BCUT2D eigenvalue weighted by atomic mass is 9.72. The van der Waals surface area contributed by atoms with Crippen molar-refractivity contribution in [3.63, 3.8) is 0 Å². The number of nitrogens with two attached hydrogens (primary N) is 2. The third kappa shape index (κ3) is 3.54. The molecule has 30 heavy (non-hydrogen) atoms. The largest absolute Gasteiger partial charge is 0.468 e. The van der Waals surface area contributed by atoms with E-state index in [0.29, 0.717) is 29.8 Å². The molecule has 160 valence electrons. The minimum absolute atomic E-state index is 0.0322. The van der Waals surface area contributed by atoms with Crippen molar-refractivity contribution in [1.82, 2.24) is 14.9 Å². The number of imidazole rings is 1. The average Bonchev–Trinajstić information content (AvgIpc) is 3.45. The third-order valence-electron chi connectivity index (χ3n) is 6.25. The van der Waals surface area contributed by atoms with Crippen LogP contribution in [0.15, 0.2) is 18.3 Å². The molecule has 1 amide bonds. The molecular formula is C21H26FN5O3. The molecule has 1 aliphatic carbocycles. The first-order chi connectivity index (χ1) is 14.4. The van der Waals surface area contributed by atoms with Crippen molar-refractivity contribution in [1.29, 1.82) is 0 Å². The van der Waals surface area contributed by atoms with Crippen LogP contribution in [-0.2, 0) is 9.53 Å². The number of nitrogens with one attached hydrogen (secondary N) is 1. The molecule has 4 rings (SSSR count). The van der Waals surface area contributed by atoms with E-state index in [4.69, 9.17) is 16.2 Å². The van der Waals surface area contributed by atoms with Crippen LogP contribution in [0.2, 0.25) is 0 Å². The fourth-order valence-corrected chi connectivity index (χ4v) is 4.42. The first-order valence-corrected chi connectivity index (χ1v) is 10.1. The van der Waals surface area contributed by atoms with Crippen LogP contribution < -0.4 is 11.5 Å². The van der Waals surface area contributed by atoms with Crippen molar-refractivity contribution >= 4 is 28.5 Å². The number of ether oxygens (including phenoxy) is 1. The van der Waals surface area contributed by atoms with Gasteiger partial charge in [0.25, 0.3) is 5.91 Å². The van der Waals surface area contributed by atoms with E-state index in [0.717, 1.165) is 31.6 Å². The number of amides is 1. The van der Waals surface area contributed by atoms with Gasteiger partial charge >= 0.3 is 5.97 Å². The van der Waals surface area contributed by atoms with Crippen LogP contribution in [0.25, 0.3) is 16.6 Å². The Kier molecular flexibility index (Phi) is 5.23. The lowest BCUT2D eigenvalue weighted by Crippen LogP contribution is -2.46. The molecule has 2 aromatic rings. The number of piperidine rings is 1. The standard InChI is InChI=1S/C21H26FN5O3/c1-30-20(29)21(4-6-27(7-5-21)11-12-2-3-12)15(10-23)19-25-16-9-13(22)8-14(18(24)28)17(16)26-19/h8-10,12H,2-7,11,23H2,1H3,(H2,24,28)(H,25,26). The highest BCUT2D eigenvalue weighted by Crippen LogP contribution is 2.45. The van der Waals surface area contributed by atoms with Crippen molar-refractivity contribution in [2.24, 2.45) is 22.8 Å². The van der Waals surface area contributed by atoms with Crippen LogP contribution >= 0.6 is 0 Å². The number of fused-ring (bicyclic) bond motifs is 1. The SMILES string of the molecule is COC(=O)C1(C(=CN)c2nc3c(C(N)=O)cc(F)cc3[nH]2)CCN(CC2CC2)CC1. The van der Waals surface area contributed by atoms with Gasteiger partial charge in [-0.3, -0.25) is 9.59 Å². The molecule has 1 aromatic heterocycles. The summed E-state index contributed by atoms with van der Waals surface area (Å²) in [5.74, 6) is -0.709. The molecule has 0 unspecified atom stereocenters. The molecule has 1 saturated carbocycles. The molecule has 2 heterocycles. The Morgan fingerprint density at radius 2 is 2.07 bits per heavy atom. The maximum atomic E-state index is 13.9. The Balaban J connectivity index is 1.72. The second-order valence-corrected chi connectivity index (χ2v) is 8.20. The summed E-state index contributed by atoms with van der Waals surface area (Å²) in [6.07, 6.45) is 4.95. The second kappa shape index (κ2) is 7.71. The van der Waals surface area contributed by atoms with Crippen molar-refractivity contribution in [3.8, 4) is 0 Å². The molecule has 0 radical (unpaired) electrons. The number of primary amides is 1. The van der Waals surface area contributed by atoms with E-state index >= 15 is 0 Å². The molecule has 0 bridgehead atoms. The molecule has 1 aliphatic heterocycles. The molecule has 5 N–H and O–H groups in total. The first kappa shape index (κ1) is 20.3. The number of hydrogen-bond donors (Lipinski definition) is 3. The molecular weight excluding hydrogens is 389 g/mol. The summed E-state index contributed by atoms with van der Waals surface area (Å²) in [5.41, 5.74) is 11.4. The molecule has 0 atom stereocenters. The molecule has 9 heteroatoms. The minimum atomic E-state index is -0.969. The summed E-state index contributed by atoms with van der Waals surface area (Å²) in [6.45, 7) is 2.53. The van der Waals surface area contributed by atoms with E-state index in [-0.39, 0.29) is 17.0 Å². The third-order valence-corrected chi connectivity index (χ3v) is 6.25. The van der Waals surface area contributed by atoms with Gasteiger partial charge < -0.3 is 26.1 Å². The van der Waals surface area contributed by atoms with Gasteiger partial charge in [-0.25, -0.2) is 9.37 Å². The Hall–Kier alpha value is -2.94. The number of aromatic amines is 1. The number of methoxy groups -OCH3 is 1. The number of halogens is 1. The van der Waals surface area contributed by atoms with E-state index in [1.165, 1.54) is 32.2 Å². The number of benzene rings is 1. The van der Waals surface area contributed by atoms with Crippen LogP contribution in [0, 0.1) is 17.2 Å². The summed E-state index contributed by atoms with van der Waals surface area (Å²) in [7, 11) is 1.36. The van der Waals surface area contributed by atoms with E-state index in [1.54, 1.807) is 0 Å². The Bertz CT molecular complexity index is 1020. The van der Waals surface area contributed by atoms with Crippen molar-refractivity contribution in [3.05, 3.63) is 35.5 Å². The summed E-state index contributed by atoms with van der Waals surface area (Å²) < 4.78 is 19.1. The van der Waals surface area contributed by atoms with Gasteiger partial charge in [-0.15, -0.1) is 0 Å². The van der Waals surface area contributed by atoms with E-state index in [9.17, 15) is 14.0 Å². The zero-order valence-electron chi connectivity index (χ0n) is 16.9. The van der Waals surface area contributed by atoms with Crippen LogP contribution in [0.3, 0.4) is 0 Å². The zero-order chi connectivity index (χ0) is 21.5. The van der Waals surface area contributed by atoms with Crippen LogP contribution in [0.5, 0.6) is 0 Å². The fraction of sp³-hybridized carbons (Fsp3) is 0.476. The number of carbonyl (C=O) groups excluding carboxylic acids is 2. The predicted molar refractivity (Wildman–Crippen MR) is 110 cm³/mol. The lowest BCUT2D eigenvalue weighted by Gasteiger charge is -2.40. The van der Waals surface area contributed by atoms with Gasteiger partial charge in [0.05, 0.1) is 18.2 Å². The number of nitrogens with zero attached hydrogens (tertiary/aromatic N) is 2. The van der Waals surface area contributed by atoms with Gasteiger partial charge in [0.2, 0.25) is 0 Å². The summed E-state index contributed by atoms with van der Waals surface area (Å²) in [5, 5.41) is 0. The molecule has 2 fully saturated rings. The Morgan fingerprint density at radius 3 is 2.63 bits per heavy atom. The highest BCUT2D eigenvalue weighted by atomic mass is 19.1. The summed E-state index contributed by atoms with van der Waals surface area (Å²) in [4.78, 5) is 34.5. The monoisotopic (exact) mass is 415 g/mol. The topological polar surface area (TPSA) is 127 Å². The first-order valence-electron chi connectivity index (χ1n) is 10.1. The normalized spacial score (nSPS) is 19.7. The van der Waals surface area contributed by atoms with Crippen LogP contribution in [-0.4, -0.2) is 53.5 Å². The summed E-state index contributed by atoms with van der Waals surface area (Å²) >= 11 is 0. The van der Waals surface area contributed by atoms with Crippen molar-refractivity contribution in [2.45, 2.75) is 25.7 Å². The molecule has 1 aromatic carbocycles. The van der Waals surface area contributed by atoms with Gasteiger partial charge in [-0.2, -0.15) is 0 Å². The van der Waals surface area contributed by atoms with Crippen molar-refractivity contribution < 1.29 is 18.7 Å². The molecule has 1 saturated heterocycles. The smallest absolute Gasteiger partial charge is 0.316 e. The number of likely N-dealkylation sites (tertiary alicyclic amines) is 1. The highest BCUT2D eigenvalue weighted by molar-refractivity contribution is 6.05. The zero-order valence-corrected chi connectivity index (χ0v) is 16.9. The van der Waals surface area contributed by atoms with Gasteiger partial charge in [-0.1, -0.05) is 0 Å². The van der Waals surface area contributed by atoms with E-state index in [1.807, 2.05) is 0 Å². The highest BCUT2D eigenvalue weighted by Gasteiger charge is 2.47. The van der Waals surface area contributed by atoms with Gasteiger partial charge in [0.15, 0.2) is 0 Å². The molecule has 0 spiro atoms. The Labute approximate surface area is 173 Å². The van der Waals surface area contributed by atoms with Gasteiger partial charge in [0.1, 0.15) is 22.6 Å². The average molecular weight is 415 g/mol. The quantitative estimate of drug-likeness (QED) is 0.617.